The maximum atomic E-state index is 10.9. The van der Waals surface area contributed by atoms with E-state index in [1.165, 1.54) is 0 Å². The minimum atomic E-state index is 0.0684. The van der Waals surface area contributed by atoms with Crippen molar-refractivity contribution in [1.82, 2.24) is 9.88 Å². The van der Waals surface area contributed by atoms with Crippen LogP contribution in [0, 0.1) is 0 Å². The monoisotopic (exact) mass is 192 g/mol. The molecule has 0 unspecified atom stereocenters. The zero-order valence-corrected chi connectivity index (χ0v) is 8.73. The van der Waals surface area contributed by atoms with Gasteiger partial charge < -0.3 is 4.90 Å². The van der Waals surface area contributed by atoms with Crippen LogP contribution < -0.4 is 0 Å². The molecule has 0 aliphatic rings. The molecule has 0 aromatic carbocycles. The highest BCUT2D eigenvalue weighted by Gasteiger charge is 2.01. The summed E-state index contributed by atoms with van der Waals surface area (Å²) in [6.07, 6.45) is 3.48. The fourth-order valence-corrected chi connectivity index (χ4v) is 0.877. The Bertz CT molecular complexity index is 272. The van der Waals surface area contributed by atoms with E-state index in [-0.39, 0.29) is 5.91 Å². The molecular weight excluding hydrogens is 176 g/mol. The molecular formula is C11H16N2O. The number of rotatable bonds is 2. The number of carbonyl (C=O) groups excluding carboxylic acids is 1. The molecule has 0 N–H and O–H groups in total. The molecule has 3 nitrogen and oxygen atoms in total. The third-order valence-corrected chi connectivity index (χ3v) is 1.68. The average molecular weight is 192 g/mol. The molecule has 14 heavy (non-hydrogen) atoms. The standard InChI is InChI=1S/C9H12N2O.C2H4/c1-8(12)11(2)7-9-4-3-5-10-6-9;1-2/h3-6H,7H2,1-2H3;1-2H2. The highest BCUT2D eigenvalue weighted by atomic mass is 16.2. The number of hydrogen-bond donors (Lipinski definition) is 0. The number of pyridine rings is 1. The topological polar surface area (TPSA) is 33.2 Å². The summed E-state index contributed by atoms with van der Waals surface area (Å²) >= 11 is 0. The Hall–Kier alpha value is -1.64. The van der Waals surface area contributed by atoms with Crippen molar-refractivity contribution in [3.63, 3.8) is 0 Å². The van der Waals surface area contributed by atoms with Gasteiger partial charge in [-0.25, -0.2) is 0 Å². The van der Waals surface area contributed by atoms with Gasteiger partial charge in [-0.3, -0.25) is 9.78 Å². The second kappa shape index (κ2) is 6.83. The predicted molar refractivity (Wildman–Crippen MR) is 57.6 cm³/mol. The minimum Gasteiger partial charge on any atom is -0.342 e. The van der Waals surface area contributed by atoms with Gasteiger partial charge in [-0.05, 0) is 11.6 Å². The molecule has 0 saturated carbocycles. The number of aromatic nitrogens is 1. The van der Waals surface area contributed by atoms with Crippen LogP contribution in [0.25, 0.3) is 0 Å². The van der Waals surface area contributed by atoms with Crippen LogP contribution in [-0.4, -0.2) is 22.8 Å². The van der Waals surface area contributed by atoms with E-state index in [9.17, 15) is 4.79 Å². The third kappa shape index (κ3) is 4.40. The second-order valence-corrected chi connectivity index (χ2v) is 2.74. The van der Waals surface area contributed by atoms with Gasteiger partial charge in [-0.2, -0.15) is 0 Å². The zero-order valence-electron chi connectivity index (χ0n) is 8.73. The largest absolute Gasteiger partial charge is 0.342 e. The van der Waals surface area contributed by atoms with Gasteiger partial charge >= 0.3 is 0 Å². The van der Waals surface area contributed by atoms with Crippen molar-refractivity contribution in [3.8, 4) is 0 Å². The van der Waals surface area contributed by atoms with Crippen molar-refractivity contribution in [1.29, 1.82) is 0 Å². The summed E-state index contributed by atoms with van der Waals surface area (Å²) < 4.78 is 0. The van der Waals surface area contributed by atoms with Crippen molar-refractivity contribution >= 4 is 5.91 Å². The highest BCUT2D eigenvalue weighted by molar-refractivity contribution is 5.72. The number of amides is 1. The molecule has 0 atom stereocenters. The summed E-state index contributed by atoms with van der Waals surface area (Å²) in [5.74, 6) is 0.0684. The molecule has 3 heteroatoms. The molecule has 1 amide bonds. The van der Waals surface area contributed by atoms with E-state index in [1.54, 1.807) is 31.3 Å². The van der Waals surface area contributed by atoms with E-state index in [2.05, 4.69) is 18.1 Å². The van der Waals surface area contributed by atoms with Crippen LogP contribution in [0.2, 0.25) is 0 Å². The van der Waals surface area contributed by atoms with Crippen LogP contribution >= 0.6 is 0 Å². The van der Waals surface area contributed by atoms with Gasteiger partial charge in [-0.15, -0.1) is 13.2 Å². The number of nitrogens with zero attached hydrogens (tertiary/aromatic N) is 2. The fourth-order valence-electron chi connectivity index (χ4n) is 0.877. The molecule has 1 rings (SSSR count). The SMILES string of the molecule is C=C.CC(=O)N(C)Cc1cccnc1. The van der Waals surface area contributed by atoms with Gasteiger partial charge in [0.1, 0.15) is 0 Å². The number of carbonyl (C=O) groups is 1. The Balaban J connectivity index is 0.000000791. The van der Waals surface area contributed by atoms with E-state index < -0.39 is 0 Å². The lowest BCUT2D eigenvalue weighted by molar-refractivity contribution is -0.128. The Kier molecular flexibility index (Phi) is 6.03. The first-order chi connectivity index (χ1) is 6.70. The van der Waals surface area contributed by atoms with E-state index in [0.717, 1.165) is 5.56 Å². The molecule has 1 aromatic rings. The van der Waals surface area contributed by atoms with Crippen molar-refractivity contribution in [2.75, 3.05) is 7.05 Å². The summed E-state index contributed by atoms with van der Waals surface area (Å²) in [5, 5.41) is 0. The van der Waals surface area contributed by atoms with E-state index >= 15 is 0 Å². The summed E-state index contributed by atoms with van der Waals surface area (Å²) in [6.45, 7) is 8.18. The normalized spacial score (nSPS) is 8.43. The molecule has 1 heterocycles. The van der Waals surface area contributed by atoms with Crippen molar-refractivity contribution < 1.29 is 4.79 Å². The average Bonchev–Trinajstić information content (AvgIpc) is 2.22. The van der Waals surface area contributed by atoms with Gasteiger partial charge in [0, 0.05) is 32.9 Å². The van der Waals surface area contributed by atoms with E-state index in [4.69, 9.17) is 0 Å². The first-order valence-electron chi connectivity index (χ1n) is 4.31. The van der Waals surface area contributed by atoms with Crippen LogP contribution in [0.15, 0.2) is 37.7 Å². The molecule has 1 aromatic heterocycles. The van der Waals surface area contributed by atoms with Crippen LogP contribution in [0.1, 0.15) is 12.5 Å². The Morgan fingerprint density at radius 3 is 2.64 bits per heavy atom. The molecule has 0 spiro atoms. The number of hydrogen-bond acceptors (Lipinski definition) is 2. The van der Waals surface area contributed by atoms with Gasteiger partial charge in [0.2, 0.25) is 5.91 Å². The Labute approximate surface area is 85.1 Å². The van der Waals surface area contributed by atoms with Gasteiger partial charge in [0.15, 0.2) is 0 Å². The lowest BCUT2D eigenvalue weighted by Crippen LogP contribution is -2.22. The lowest BCUT2D eigenvalue weighted by Gasteiger charge is -2.13. The van der Waals surface area contributed by atoms with Crippen LogP contribution in [0.4, 0.5) is 0 Å². The van der Waals surface area contributed by atoms with Crippen molar-refractivity contribution in [2.24, 2.45) is 0 Å². The molecule has 0 aliphatic carbocycles. The Morgan fingerprint density at radius 2 is 2.21 bits per heavy atom. The maximum absolute atomic E-state index is 10.9. The van der Waals surface area contributed by atoms with Crippen LogP contribution in [0.5, 0.6) is 0 Å². The van der Waals surface area contributed by atoms with Gasteiger partial charge in [0.25, 0.3) is 0 Å². The van der Waals surface area contributed by atoms with Crippen molar-refractivity contribution in [2.45, 2.75) is 13.5 Å². The van der Waals surface area contributed by atoms with E-state index in [0.29, 0.717) is 6.54 Å². The smallest absolute Gasteiger partial charge is 0.219 e. The summed E-state index contributed by atoms with van der Waals surface area (Å²) in [4.78, 5) is 16.5. The first-order valence-corrected chi connectivity index (χ1v) is 4.31. The highest BCUT2D eigenvalue weighted by Crippen LogP contribution is 1.99. The second-order valence-electron chi connectivity index (χ2n) is 2.74. The van der Waals surface area contributed by atoms with Gasteiger partial charge in [-0.1, -0.05) is 6.07 Å². The fraction of sp³-hybridized carbons (Fsp3) is 0.273. The zero-order chi connectivity index (χ0) is 11.0. The third-order valence-electron chi connectivity index (χ3n) is 1.68. The van der Waals surface area contributed by atoms with Gasteiger partial charge in [0.05, 0.1) is 0 Å². The lowest BCUT2D eigenvalue weighted by atomic mass is 10.3. The maximum Gasteiger partial charge on any atom is 0.219 e. The molecule has 76 valence electrons. The molecule has 0 aliphatic heterocycles. The molecule has 0 fully saturated rings. The van der Waals surface area contributed by atoms with Crippen molar-refractivity contribution in [3.05, 3.63) is 43.2 Å². The predicted octanol–water partition coefficient (Wildman–Crippen LogP) is 1.86. The van der Waals surface area contributed by atoms with Crippen LogP contribution in [0.3, 0.4) is 0 Å². The molecule has 0 saturated heterocycles. The van der Waals surface area contributed by atoms with E-state index in [1.807, 2.05) is 12.1 Å². The quantitative estimate of drug-likeness (QED) is 0.670. The minimum absolute atomic E-state index is 0.0684. The first kappa shape index (κ1) is 12.4. The Morgan fingerprint density at radius 1 is 1.57 bits per heavy atom. The summed E-state index contributed by atoms with van der Waals surface area (Å²) in [5.41, 5.74) is 1.05. The molecule has 0 bridgehead atoms. The molecule has 0 radical (unpaired) electrons. The summed E-state index contributed by atoms with van der Waals surface area (Å²) in [6, 6.07) is 3.82. The van der Waals surface area contributed by atoms with Crippen LogP contribution in [-0.2, 0) is 11.3 Å². The summed E-state index contributed by atoms with van der Waals surface area (Å²) in [7, 11) is 1.77.